The number of ether oxygens (including phenoxy) is 1. The average molecular weight is 399 g/mol. The summed E-state index contributed by atoms with van der Waals surface area (Å²) in [5.74, 6) is -0.763. The van der Waals surface area contributed by atoms with Gasteiger partial charge in [0.15, 0.2) is 0 Å². The molecule has 0 saturated carbocycles. The second-order valence-corrected chi connectivity index (χ2v) is 7.98. The molecule has 2 saturated heterocycles. The van der Waals surface area contributed by atoms with E-state index in [0.717, 1.165) is 31.6 Å². The van der Waals surface area contributed by atoms with Crippen LogP contribution in [0.4, 0.5) is 0 Å². The normalized spacial score (nSPS) is 23.6. The van der Waals surface area contributed by atoms with Crippen LogP contribution in [0.2, 0.25) is 0 Å². The highest BCUT2D eigenvalue weighted by molar-refractivity contribution is 6.06. The van der Waals surface area contributed by atoms with Gasteiger partial charge in [0.25, 0.3) is 11.8 Å². The van der Waals surface area contributed by atoms with E-state index in [1.807, 2.05) is 6.92 Å². The van der Waals surface area contributed by atoms with Crippen LogP contribution in [0.3, 0.4) is 0 Å². The van der Waals surface area contributed by atoms with Crippen molar-refractivity contribution in [3.05, 3.63) is 34.9 Å². The van der Waals surface area contributed by atoms with Gasteiger partial charge in [-0.05, 0) is 55.9 Å². The van der Waals surface area contributed by atoms with Crippen LogP contribution in [0.1, 0.15) is 58.9 Å². The van der Waals surface area contributed by atoms with Crippen molar-refractivity contribution in [1.29, 1.82) is 0 Å². The monoisotopic (exact) mass is 399 g/mol. The molecule has 3 aliphatic heterocycles. The number of carbonyl (C=O) groups is 4. The van der Waals surface area contributed by atoms with E-state index in [9.17, 15) is 19.2 Å². The van der Waals surface area contributed by atoms with Crippen LogP contribution >= 0.6 is 0 Å². The molecule has 2 unspecified atom stereocenters. The fourth-order valence-corrected chi connectivity index (χ4v) is 4.34. The molecule has 3 aliphatic rings. The lowest BCUT2D eigenvalue weighted by Gasteiger charge is -2.29. The third kappa shape index (κ3) is 3.89. The summed E-state index contributed by atoms with van der Waals surface area (Å²) in [4.78, 5) is 50.4. The standard InChI is InChI=1S/C21H25N3O5/c1-12(13-6-8-29-9-7-13)22-19(26)14-2-3-16-15(10-14)11-24(21(16)28)17-4-5-18(25)23-20(17)27/h2-3,10,12-13,17H,4-9,11H2,1H3,(H,22,26)(H,23,25,27). The van der Waals surface area contributed by atoms with Gasteiger partial charge in [-0.25, -0.2) is 0 Å². The Morgan fingerprint density at radius 1 is 1.21 bits per heavy atom. The molecule has 0 aliphatic carbocycles. The first-order valence-corrected chi connectivity index (χ1v) is 10.1. The number of amides is 4. The fraction of sp³-hybridized carbons (Fsp3) is 0.524. The zero-order valence-corrected chi connectivity index (χ0v) is 16.4. The van der Waals surface area contributed by atoms with Crippen LogP contribution in [-0.2, 0) is 20.9 Å². The summed E-state index contributed by atoms with van der Waals surface area (Å²) >= 11 is 0. The molecule has 2 fully saturated rings. The van der Waals surface area contributed by atoms with Crippen molar-refractivity contribution in [2.45, 2.75) is 51.2 Å². The first-order valence-electron chi connectivity index (χ1n) is 10.1. The SMILES string of the molecule is CC(NC(=O)c1ccc2c(c1)CN(C1CCC(=O)NC1=O)C2=O)C1CCOCC1. The summed E-state index contributed by atoms with van der Waals surface area (Å²) in [6.07, 6.45) is 2.40. The largest absolute Gasteiger partial charge is 0.381 e. The van der Waals surface area contributed by atoms with E-state index in [0.29, 0.717) is 23.5 Å². The molecule has 3 heterocycles. The lowest BCUT2D eigenvalue weighted by molar-refractivity contribution is -0.136. The van der Waals surface area contributed by atoms with Crippen molar-refractivity contribution in [1.82, 2.24) is 15.5 Å². The summed E-state index contributed by atoms with van der Waals surface area (Å²) < 4.78 is 5.38. The first kappa shape index (κ1) is 19.6. The van der Waals surface area contributed by atoms with Crippen molar-refractivity contribution in [3.8, 4) is 0 Å². The Morgan fingerprint density at radius 2 is 1.97 bits per heavy atom. The molecular weight excluding hydrogens is 374 g/mol. The average Bonchev–Trinajstić information content (AvgIpc) is 3.04. The third-order valence-electron chi connectivity index (χ3n) is 6.12. The molecule has 2 N–H and O–H groups in total. The number of carbonyl (C=O) groups excluding carboxylic acids is 4. The summed E-state index contributed by atoms with van der Waals surface area (Å²) in [5, 5.41) is 5.35. The molecule has 0 aromatic heterocycles. The number of nitrogens with zero attached hydrogens (tertiary/aromatic N) is 1. The number of nitrogens with one attached hydrogen (secondary N) is 2. The van der Waals surface area contributed by atoms with Crippen LogP contribution in [0.15, 0.2) is 18.2 Å². The molecule has 4 rings (SSSR count). The van der Waals surface area contributed by atoms with E-state index < -0.39 is 11.9 Å². The number of hydrogen-bond acceptors (Lipinski definition) is 5. The Kier molecular flexibility index (Phi) is 5.36. The lowest BCUT2D eigenvalue weighted by Crippen LogP contribution is -2.52. The number of rotatable bonds is 4. The second-order valence-electron chi connectivity index (χ2n) is 7.98. The topological polar surface area (TPSA) is 105 Å². The minimum Gasteiger partial charge on any atom is -0.381 e. The quantitative estimate of drug-likeness (QED) is 0.735. The van der Waals surface area contributed by atoms with Crippen molar-refractivity contribution >= 4 is 23.6 Å². The van der Waals surface area contributed by atoms with Crippen molar-refractivity contribution in [3.63, 3.8) is 0 Å². The molecular formula is C21H25N3O5. The van der Waals surface area contributed by atoms with Crippen LogP contribution in [0.5, 0.6) is 0 Å². The van der Waals surface area contributed by atoms with E-state index in [2.05, 4.69) is 10.6 Å². The van der Waals surface area contributed by atoms with E-state index in [4.69, 9.17) is 4.74 Å². The molecule has 2 atom stereocenters. The molecule has 8 heteroatoms. The Hall–Kier alpha value is -2.74. The number of piperidine rings is 1. The van der Waals surface area contributed by atoms with Gasteiger partial charge in [-0.3, -0.25) is 24.5 Å². The maximum absolute atomic E-state index is 12.7. The molecule has 8 nitrogen and oxygen atoms in total. The molecule has 1 aromatic rings. The Morgan fingerprint density at radius 3 is 2.69 bits per heavy atom. The molecule has 1 aromatic carbocycles. The lowest BCUT2D eigenvalue weighted by atomic mass is 9.92. The zero-order valence-electron chi connectivity index (χ0n) is 16.4. The first-order chi connectivity index (χ1) is 13.9. The van der Waals surface area contributed by atoms with E-state index >= 15 is 0 Å². The number of benzene rings is 1. The maximum Gasteiger partial charge on any atom is 0.255 e. The molecule has 4 amide bonds. The predicted molar refractivity (Wildman–Crippen MR) is 103 cm³/mol. The minimum atomic E-state index is -0.654. The van der Waals surface area contributed by atoms with Crippen LogP contribution in [0.25, 0.3) is 0 Å². The van der Waals surface area contributed by atoms with Gasteiger partial charge in [0.05, 0.1) is 0 Å². The van der Waals surface area contributed by atoms with Crippen LogP contribution in [0, 0.1) is 5.92 Å². The van der Waals surface area contributed by atoms with Crippen LogP contribution in [-0.4, -0.2) is 53.8 Å². The van der Waals surface area contributed by atoms with E-state index in [1.165, 1.54) is 4.90 Å². The van der Waals surface area contributed by atoms with Gasteiger partial charge in [-0.15, -0.1) is 0 Å². The van der Waals surface area contributed by atoms with Crippen molar-refractivity contribution in [2.24, 2.45) is 5.92 Å². The van der Waals surface area contributed by atoms with Gasteiger partial charge >= 0.3 is 0 Å². The smallest absolute Gasteiger partial charge is 0.255 e. The third-order valence-corrected chi connectivity index (χ3v) is 6.12. The highest BCUT2D eigenvalue weighted by Gasteiger charge is 2.39. The number of hydrogen-bond donors (Lipinski definition) is 2. The maximum atomic E-state index is 12.7. The Labute approximate surface area is 169 Å². The van der Waals surface area contributed by atoms with Gasteiger partial charge in [0.1, 0.15) is 6.04 Å². The Balaban J connectivity index is 1.45. The molecule has 0 radical (unpaired) electrons. The van der Waals surface area contributed by atoms with E-state index in [1.54, 1.807) is 18.2 Å². The van der Waals surface area contributed by atoms with Gasteiger partial charge in [0, 0.05) is 43.3 Å². The fourth-order valence-electron chi connectivity index (χ4n) is 4.34. The van der Waals surface area contributed by atoms with Crippen molar-refractivity contribution < 1.29 is 23.9 Å². The highest BCUT2D eigenvalue weighted by atomic mass is 16.5. The molecule has 154 valence electrons. The molecule has 29 heavy (non-hydrogen) atoms. The molecule has 0 bridgehead atoms. The number of fused-ring (bicyclic) bond motifs is 1. The zero-order chi connectivity index (χ0) is 20.5. The second kappa shape index (κ2) is 7.94. The Bertz CT molecular complexity index is 862. The van der Waals surface area contributed by atoms with Crippen molar-refractivity contribution in [2.75, 3.05) is 13.2 Å². The summed E-state index contributed by atoms with van der Waals surface area (Å²) in [6.45, 7) is 3.72. The van der Waals surface area contributed by atoms with E-state index in [-0.39, 0.29) is 36.7 Å². The minimum absolute atomic E-state index is 0.0428. The molecule has 0 spiro atoms. The predicted octanol–water partition coefficient (Wildman–Crippen LogP) is 0.992. The summed E-state index contributed by atoms with van der Waals surface area (Å²) in [5.41, 5.74) is 1.73. The van der Waals surface area contributed by atoms with Gasteiger partial charge in [-0.2, -0.15) is 0 Å². The van der Waals surface area contributed by atoms with Gasteiger partial charge in [0.2, 0.25) is 11.8 Å². The highest BCUT2D eigenvalue weighted by Crippen LogP contribution is 2.28. The van der Waals surface area contributed by atoms with Gasteiger partial charge < -0.3 is 15.0 Å². The number of imide groups is 1. The summed E-state index contributed by atoms with van der Waals surface area (Å²) in [7, 11) is 0. The van der Waals surface area contributed by atoms with Gasteiger partial charge in [-0.1, -0.05) is 0 Å². The van der Waals surface area contributed by atoms with Crippen LogP contribution < -0.4 is 10.6 Å². The summed E-state index contributed by atoms with van der Waals surface area (Å²) in [6, 6.07) is 4.42.